The molecule has 6 rings (SSSR count). The molecule has 0 radical (unpaired) electrons. The fourth-order valence-electron chi connectivity index (χ4n) is 7.46. The number of rotatable bonds is 8. The molecule has 46 heavy (non-hydrogen) atoms. The van der Waals surface area contributed by atoms with Gasteiger partial charge in [-0.3, -0.25) is 0 Å². The highest BCUT2D eigenvalue weighted by Gasteiger charge is 2.43. The Hall–Kier alpha value is -4.09. The van der Waals surface area contributed by atoms with Crippen LogP contribution in [0.1, 0.15) is 82.3 Å². The number of nitrogens with zero attached hydrogens (tertiary/aromatic N) is 2. The van der Waals surface area contributed by atoms with Gasteiger partial charge in [0.1, 0.15) is 6.54 Å². The van der Waals surface area contributed by atoms with Crippen LogP contribution < -0.4 is 4.90 Å². The van der Waals surface area contributed by atoms with Crippen LogP contribution in [0.5, 0.6) is 0 Å². The Kier molecular flexibility index (Phi) is 8.73. The molecule has 0 saturated heterocycles. The van der Waals surface area contributed by atoms with Crippen LogP contribution in [0.25, 0.3) is 0 Å². The van der Waals surface area contributed by atoms with Gasteiger partial charge in [-0.05, 0) is 100 Å². The summed E-state index contributed by atoms with van der Waals surface area (Å²) in [5, 5.41) is 9.48. The van der Waals surface area contributed by atoms with Gasteiger partial charge in [-0.15, -0.1) is 0 Å². The molecule has 1 aliphatic carbocycles. The molecule has 0 unspecified atom stereocenters. The van der Waals surface area contributed by atoms with Crippen molar-refractivity contribution in [3.8, 4) is 0 Å². The molecule has 0 atom stereocenters. The highest BCUT2D eigenvalue weighted by molar-refractivity contribution is 8.03. The second kappa shape index (κ2) is 12.6. The molecule has 5 heteroatoms. The number of allylic oxidation sites excluding steroid dienone is 7. The van der Waals surface area contributed by atoms with Crippen LogP contribution in [-0.4, -0.2) is 34.5 Å². The fourth-order valence-corrected chi connectivity index (χ4v) is 8.57. The summed E-state index contributed by atoms with van der Waals surface area (Å²) < 4.78 is 2.45. The number of benzene rings is 3. The summed E-state index contributed by atoms with van der Waals surface area (Å²) >= 11 is 1.76. The average Bonchev–Trinajstić information content (AvgIpc) is 3.41. The van der Waals surface area contributed by atoms with Gasteiger partial charge in [0.2, 0.25) is 5.69 Å². The molecular weight excluding hydrogens is 585 g/mol. The van der Waals surface area contributed by atoms with Gasteiger partial charge in [0.25, 0.3) is 0 Å². The van der Waals surface area contributed by atoms with Crippen molar-refractivity contribution in [1.82, 2.24) is 0 Å². The topological polar surface area (TPSA) is 43.5 Å². The maximum Gasteiger partial charge on any atom is 0.335 e. The van der Waals surface area contributed by atoms with Crippen molar-refractivity contribution in [2.24, 2.45) is 0 Å². The summed E-state index contributed by atoms with van der Waals surface area (Å²) in [4.78, 5) is 16.3. The summed E-state index contributed by atoms with van der Waals surface area (Å²) in [5.41, 5.74) is 10.8. The van der Waals surface area contributed by atoms with Crippen molar-refractivity contribution in [2.75, 3.05) is 18.0 Å². The van der Waals surface area contributed by atoms with Gasteiger partial charge >= 0.3 is 5.97 Å². The van der Waals surface area contributed by atoms with Crippen LogP contribution in [0, 0.1) is 0 Å². The number of thioether (sulfide) groups is 1. The Balaban J connectivity index is 1.44. The van der Waals surface area contributed by atoms with Crippen molar-refractivity contribution in [3.63, 3.8) is 0 Å². The molecule has 236 valence electrons. The normalized spacial score (nSPS) is 20.3. The number of likely N-dealkylation sites (N-methyl/N-ethyl adjacent to an activating group) is 1. The van der Waals surface area contributed by atoms with E-state index in [0.29, 0.717) is 5.56 Å². The number of carboxylic acids is 1. The summed E-state index contributed by atoms with van der Waals surface area (Å²) in [6, 6.07) is 24.8. The molecule has 4 nitrogen and oxygen atoms in total. The third-order valence-electron chi connectivity index (χ3n) is 9.91. The van der Waals surface area contributed by atoms with Crippen molar-refractivity contribution >= 4 is 34.8 Å². The van der Waals surface area contributed by atoms with E-state index in [1.165, 1.54) is 50.0 Å². The molecule has 0 fully saturated rings. The second-order valence-corrected chi connectivity index (χ2v) is 14.5. The molecular formula is C41H45N2O2S+. The second-order valence-electron chi connectivity index (χ2n) is 13.4. The zero-order chi connectivity index (χ0) is 32.6. The molecule has 0 aromatic heterocycles. The SMILES string of the molecule is CCN1C(=CC=C2CCCC(C=CC3=[N+](CC)c4ccccc4C3(C)C)=C2Sc2ccc(C(=O)O)cc2)C(C)(C)c2ccccc21. The van der Waals surface area contributed by atoms with Gasteiger partial charge in [-0.1, -0.05) is 74.2 Å². The summed E-state index contributed by atoms with van der Waals surface area (Å²) in [6.45, 7) is 15.6. The number of fused-ring (bicyclic) bond motifs is 2. The molecule has 0 spiro atoms. The molecule has 1 N–H and O–H groups in total. The molecule has 0 amide bonds. The number of anilines is 1. The van der Waals surface area contributed by atoms with Gasteiger partial charge < -0.3 is 10.0 Å². The van der Waals surface area contributed by atoms with Crippen molar-refractivity contribution in [2.45, 2.75) is 76.5 Å². The van der Waals surface area contributed by atoms with Crippen LogP contribution in [0.15, 0.2) is 124 Å². The third kappa shape index (κ3) is 5.60. The highest BCUT2D eigenvalue weighted by Crippen LogP contribution is 2.48. The number of hydrogen-bond acceptors (Lipinski definition) is 3. The van der Waals surface area contributed by atoms with E-state index in [1.807, 2.05) is 12.1 Å². The van der Waals surface area contributed by atoms with Crippen molar-refractivity contribution in [3.05, 3.63) is 136 Å². The Labute approximate surface area is 278 Å². The highest BCUT2D eigenvalue weighted by atomic mass is 32.2. The van der Waals surface area contributed by atoms with Crippen LogP contribution in [0.4, 0.5) is 11.4 Å². The van der Waals surface area contributed by atoms with Crippen LogP contribution in [0.2, 0.25) is 0 Å². The lowest BCUT2D eigenvalue weighted by atomic mass is 9.81. The van der Waals surface area contributed by atoms with E-state index in [9.17, 15) is 9.90 Å². The minimum atomic E-state index is -0.900. The maximum absolute atomic E-state index is 11.5. The lowest BCUT2D eigenvalue weighted by molar-refractivity contribution is -0.433. The smallest absolute Gasteiger partial charge is 0.335 e. The van der Waals surface area contributed by atoms with Gasteiger partial charge in [0.05, 0.1) is 11.0 Å². The zero-order valence-corrected chi connectivity index (χ0v) is 28.7. The van der Waals surface area contributed by atoms with Crippen LogP contribution >= 0.6 is 11.8 Å². The lowest BCUT2D eigenvalue weighted by Gasteiger charge is -2.26. The quantitative estimate of drug-likeness (QED) is 0.252. The van der Waals surface area contributed by atoms with E-state index in [1.54, 1.807) is 23.9 Å². The number of aromatic carboxylic acids is 1. The minimum absolute atomic E-state index is 0.0892. The molecule has 2 heterocycles. The molecule has 0 saturated carbocycles. The first-order chi connectivity index (χ1) is 22.1. The Morgan fingerprint density at radius 3 is 2.26 bits per heavy atom. The third-order valence-corrected chi connectivity index (χ3v) is 11.1. The van der Waals surface area contributed by atoms with Crippen LogP contribution in [-0.2, 0) is 10.8 Å². The monoisotopic (exact) mass is 629 g/mol. The van der Waals surface area contributed by atoms with Gasteiger partial charge in [-0.2, -0.15) is 4.58 Å². The predicted molar refractivity (Wildman–Crippen MR) is 193 cm³/mol. The number of para-hydroxylation sites is 2. The predicted octanol–water partition coefficient (Wildman–Crippen LogP) is 10.2. The van der Waals surface area contributed by atoms with E-state index < -0.39 is 5.97 Å². The van der Waals surface area contributed by atoms with Gasteiger partial charge in [0, 0.05) is 50.9 Å². The first kappa shape index (κ1) is 31.9. The van der Waals surface area contributed by atoms with E-state index >= 15 is 0 Å². The van der Waals surface area contributed by atoms with Crippen molar-refractivity contribution < 1.29 is 14.5 Å². The summed E-state index contributed by atoms with van der Waals surface area (Å²) in [5.74, 6) is -0.900. The minimum Gasteiger partial charge on any atom is -0.478 e. The van der Waals surface area contributed by atoms with Gasteiger partial charge in [-0.25, -0.2) is 4.79 Å². The van der Waals surface area contributed by atoms with Gasteiger partial charge in [0.15, 0.2) is 5.71 Å². The number of carbonyl (C=O) groups is 1. The fraction of sp³-hybridized carbons (Fsp3) is 0.317. The Bertz CT molecular complexity index is 1840. The van der Waals surface area contributed by atoms with Crippen LogP contribution in [0.3, 0.4) is 0 Å². The number of carboxylic acid groups (broad SMARTS) is 1. The lowest BCUT2D eigenvalue weighted by Crippen LogP contribution is -2.27. The number of hydrogen-bond donors (Lipinski definition) is 1. The molecule has 3 aliphatic rings. The van der Waals surface area contributed by atoms with E-state index in [2.05, 4.69) is 124 Å². The summed E-state index contributed by atoms with van der Waals surface area (Å²) in [6.07, 6.45) is 12.5. The zero-order valence-electron chi connectivity index (χ0n) is 27.9. The Morgan fingerprint density at radius 2 is 1.57 bits per heavy atom. The first-order valence-corrected chi connectivity index (χ1v) is 17.3. The molecule has 0 bridgehead atoms. The Morgan fingerprint density at radius 1 is 0.870 bits per heavy atom. The first-order valence-electron chi connectivity index (χ1n) is 16.5. The molecule has 3 aromatic rings. The summed E-state index contributed by atoms with van der Waals surface area (Å²) in [7, 11) is 0. The molecule has 2 aliphatic heterocycles. The van der Waals surface area contributed by atoms with E-state index in [4.69, 9.17) is 0 Å². The van der Waals surface area contributed by atoms with Crippen molar-refractivity contribution in [1.29, 1.82) is 0 Å². The van der Waals surface area contributed by atoms with E-state index in [-0.39, 0.29) is 10.8 Å². The van der Waals surface area contributed by atoms with E-state index in [0.717, 1.165) is 37.2 Å². The largest absolute Gasteiger partial charge is 0.478 e. The average molecular weight is 630 g/mol. The molecule has 3 aromatic carbocycles. The maximum atomic E-state index is 11.5. The standard InChI is InChI=1S/C41H44N2O2S/c1-7-42-34-18-11-9-16-32(34)40(3,4)36(42)26-22-28-14-13-15-29(38(28)46-31-24-20-30(21-25-31)39(44)45)23-27-37-41(5,6)33-17-10-12-19-35(33)43(37)8-2/h9-12,16-27H,7-8,13-15H2,1-6H3/p+1.